The fourth-order valence-electron chi connectivity index (χ4n) is 2.07. The van der Waals surface area contributed by atoms with Crippen molar-refractivity contribution < 1.29 is 24.9 Å². The monoisotopic (exact) mass is 324 g/mol. The molecule has 0 saturated carbocycles. The number of aliphatic hydroxyl groups is 1. The number of benzene rings is 1. The maximum atomic E-state index is 10.5. The molecule has 0 saturated heterocycles. The molecule has 0 fully saturated rings. The minimum absolute atomic E-state index is 0.00241. The highest BCUT2D eigenvalue weighted by Crippen LogP contribution is 2.09. The molecule has 0 aliphatic carbocycles. The lowest BCUT2D eigenvalue weighted by Gasteiger charge is -2.02. The van der Waals surface area contributed by atoms with E-state index in [0.717, 1.165) is 12.5 Å². The second-order valence-electron chi connectivity index (χ2n) is 5.75. The van der Waals surface area contributed by atoms with Crippen LogP contribution in [-0.2, 0) is 0 Å². The SMILES string of the molecule is CCCCCCCC(C)O.Cc1cc(C(=O)O)cc(C(=O)O)c1. The second-order valence-corrected chi connectivity index (χ2v) is 5.75. The number of aromatic carboxylic acids is 2. The van der Waals surface area contributed by atoms with Gasteiger partial charge in [0, 0.05) is 0 Å². The maximum absolute atomic E-state index is 10.5. The zero-order chi connectivity index (χ0) is 17.8. The van der Waals surface area contributed by atoms with Gasteiger partial charge in [-0.25, -0.2) is 9.59 Å². The number of hydrogen-bond acceptors (Lipinski definition) is 3. The van der Waals surface area contributed by atoms with Crippen LogP contribution < -0.4 is 0 Å². The van der Waals surface area contributed by atoms with Gasteiger partial charge in [0.05, 0.1) is 17.2 Å². The Morgan fingerprint density at radius 2 is 1.43 bits per heavy atom. The van der Waals surface area contributed by atoms with Crippen molar-refractivity contribution >= 4 is 11.9 Å². The van der Waals surface area contributed by atoms with Gasteiger partial charge in [0.2, 0.25) is 0 Å². The summed E-state index contributed by atoms with van der Waals surface area (Å²) in [5.74, 6) is -2.24. The first-order chi connectivity index (χ1) is 10.8. The van der Waals surface area contributed by atoms with Crippen molar-refractivity contribution in [1.29, 1.82) is 0 Å². The van der Waals surface area contributed by atoms with Crippen LogP contribution in [0.15, 0.2) is 18.2 Å². The van der Waals surface area contributed by atoms with E-state index in [1.54, 1.807) is 6.92 Å². The van der Waals surface area contributed by atoms with E-state index in [1.165, 1.54) is 44.2 Å². The molecule has 0 aromatic heterocycles. The van der Waals surface area contributed by atoms with Gasteiger partial charge >= 0.3 is 11.9 Å². The zero-order valence-electron chi connectivity index (χ0n) is 14.2. The zero-order valence-corrected chi connectivity index (χ0v) is 14.2. The maximum Gasteiger partial charge on any atom is 0.335 e. The van der Waals surface area contributed by atoms with Crippen LogP contribution in [0.25, 0.3) is 0 Å². The molecule has 0 radical (unpaired) electrons. The molecule has 23 heavy (non-hydrogen) atoms. The average Bonchev–Trinajstić information content (AvgIpc) is 2.46. The first-order valence-corrected chi connectivity index (χ1v) is 8.04. The van der Waals surface area contributed by atoms with Crippen molar-refractivity contribution in [1.82, 2.24) is 0 Å². The van der Waals surface area contributed by atoms with Crippen molar-refractivity contribution in [3.63, 3.8) is 0 Å². The Kier molecular flexibility index (Phi) is 10.7. The highest BCUT2D eigenvalue weighted by molar-refractivity contribution is 5.94. The van der Waals surface area contributed by atoms with Crippen LogP contribution in [-0.4, -0.2) is 33.4 Å². The van der Waals surface area contributed by atoms with Crippen molar-refractivity contribution in [2.75, 3.05) is 0 Å². The van der Waals surface area contributed by atoms with E-state index in [2.05, 4.69) is 6.92 Å². The van der Waals surface area contributed by atoms with E-state index in [4.69, 9.17) is 15.3 Å². The summed E-state index contributed by atoms with van der Waals surface area (Å²) >= 11 is 0. The summed E-state index contributed by atoms with van der Waals surface area (Å²) in [5.41, 5.74) is 0.618. The highest BCUT2D eigenvalue weighted by atomic mass is 16.4. The van der Waals surface area contributed by atoms with Crippen LogP contribution in [0.5, 0.6) is 0 Å². The Labute approximate surface area is 138 Å². The normalized spacial score (nSPS) is 11.3. The van der Waals surface area contributed by atoms with E-state index in [0.29, 0.717) is 5.56 Å². The molecule has 0 aliphatic rings. The van der Waals surface area contributed by atoms with E-state index in [9.17, 15) is 9.59 Å². The predicted octanol–water partition coefficient (Wildman–Crippen LogP) is 4.12. The van der Waals surface area contributed by atoms with Crippen molar-refractivity contribution in [2.24, 2.45) is 0 Å². The van der Waals surface area contributed by atoms with E-state index in [-0.39, 0.29) is 17.2 Å². The van der Waals surface area contributed by atoms with Crippen LogP contribution in [0.2, 0.25) is 0 Å². The summed E-state index contributed by atoms with van der Waals surface area (Å²) in [6.45, 7) is 5.73. The molecule has 130 valence electrons. The summed E-state index contributed by atoms with van der Waals surface area (Å²) < 4.78 is 0. The van der Waals surface area contributed by atoms with Crippen molar-refractivity contribution in [2.45, 2.75) is 65.4 Å². The number of carboxylic acid groups (broad SMARTS) is 2. The Bertz CT molecular complexity index is 462. The van der Waals surface area contributed by atoms with Crippen LogP contribution in [0, 0.1) is 6.92 Å². The summed E-state index contributed by atoms with van der Waals surface area (Å²) in [7, 11) is 0. The summed E-state index contributed by atoms with van der Waals surface area (Å²) in [4.78, 5) is 21.1. The lowest BCUT2D eigenvalue weighted by Crippen LogP contribution is -2.02. The van der Waals surface area contributed by atoms with Gasteiger partial charge in [-0.15, -0.1) is 0 Å². The number of hydrogen-bond donors (Lipinski definition) is 3. The Morgan fingerprint density at radius 3 is 1.83 bits per heavy atom. The lowest BCUT2D eigenvalue weighted by atomic mass is 10.1. The minimum Gasteiger partial charge on any atom is -0.478 e. The third-order valence-corrected chi connectivity index (χ3v) is 3.30. The number of unbranched alkanes of at least 4 members (excludes halogenated alkanes) is 4. The molecular weight excluding hydrogens is 296 g/mol. The molecule has 0 spiro atoms. The number of carbonyl (C=O) groups is 2. The fraction of sp³-hybridized carbons (Fsp3) is 0.556. The van der Waals surface area contributed by atoms with Gasteiger partial charge in [-0.05, 0) is 44.0 Å². The van der Waals surface area contributed by atoms with Crippen LogP contribution in [0.4, 0.5) is 0 Å². The number of rotatable bonds is 8. The van der Waals surface area contributed by atoms with E-state index >= 15 is 0 Å². The largest absolute Gasteiger partial charge is 0.478 e. The number of aryl methyl sites for hydroxylation is 1. The van der Waals surface area contributed by atoms with E-state index in [1.807, 2.05) is 6.92 Å². The molecule has 1 aromatic rings. The topological polar surface area (TPSA) is 94.8 Å². The molecule has 1 atom stereocenters. The van der Waals surface area contributed by atoms with Gasteiger partial charge in [0.25, 0.3) is 0 Å². The van der Waals surface area contributed by atoms with Gasteiger partial charge in [0.15, 0.2) is 0 Å². The molecule has 1 rings (SSSR count). The number of carboxylic acids is 2. The second kappa shape index (κ2) is 11.7. The molecule has 0 aliphatic heterocycles. The predicted molar refractivity (Wildman–Crippen MR) is 90.2 cm³/mol. The average molecular weight is 324 g/mol. The highest BCUT2D eigenvalue weighted by Gasteiger charge is 2.09. The van der Waals surface area contributed by atoms with Gasteiger partial charge in [-0.1, -0.05) is 39.0 Å². The van der Waals surface area contributed by atoms with Gasteiger partial charge in [0.1, 0.15) is 0 Å². The molecule has 5 nitrogen and oxygen atoms in total. The van der Waals surface area contributed by atoms with Crippen molar-refractivity contribution in [3.8, 4) is 0 Å². The van der Waals surface area contributed by atoms with Crippen LogP contribution >= 0.6 is 0 Å². The molecule has 1 aromatic carbocycles. The smallest absolute Gasteiger partial charge is 0.335 e. The standard InChI is InChI=1S/C9H8O4.C9H20O/c1-5-2-6(8(10)11)4-7(3-5)9(12)13;1-3-4-5-6-7-8-9(2)10/h2-4H,1H3,(H,10,11)(H,12,13);9-10H,3-8H2,1-2H3. The van der Waals surface area contributed by atoms with Crippen molar-refractivity contribution in [3.05, 3.63) is 34.9 Å². The Morgan fingerprint density at radius 1 is 0.957 bits per heavy atom. The third-order valence-electron chi connectivity index (χ3n) is 3.30. The summed E-state index contributed by atoms with van der Waals surface area (Å²) in [6, 6.07) is 3.99. The summed E-state index contributed by atoms with van der Waals surface area (Å²) in [6.07, 6.45) is 7.35. The fourth-order valence-corrected chi connectivity index (χ4v) is 2.07. The van der Waals surface area contributed by atoms with Crippen LogP contribution in [0.3, 0.4) is 0 Å². The molecule has 0 amide bonds. The Hall–Kier alpha value is -1.88. The lowest BCUT2D eigenvalue weighted by molar-refractivity contribution is 0.0696. The quantitative estimate of drug-likeness (QED) is 0.625. The van der Waals surface area contributed by atoms with Gasteiger partial charge in [-0.3, -0.25) is 0 Å². The molecular formula is C18H28O5. The number of aliphatic hydroxyl groups excluding tert-OH is 1. The first-order valence-electron chi connectivity index (χ1n) is 8.04. The minimum atomic E-state index is -1.12. The van der Waals surface area contributed by atoms with E-state index < -0.39 is 11.9 Å². The molecule has 3 N–H and O–H groups in total. The molecule has 0 heterocycles. The molecule has 0 bridgehead atoms. The first kappa shape index (κ1) is 21.1. The summed E-state index contributed by atoms with van der Waals surface area (Å²) in [5, 5.41) is 26.2. The Balaban J connectivity index is 0.000000438. The molecule has 5 heteroatoms. The van der Waals surface area contributed by atoms with Gasteiger partial charge in [-0.2, -0.15) is 0 Å². The van der Waals surface area contributed by atoms with Crippen LogP contribution in [0.1, 0.15) is 78.7 Å². The third kappa shape index (κ3) is 10.5. The van der Waals surface area contributed by atoms with Gasteiger partial charge < -0.3 is 15.3 Å². The molecule has 1 unspecified atom stereocenters.